The van der Waals surface area contributed by atoms with Crippen LogP contribution in [0.5, 0.6) is 0 Å². The molecular formula is C8H19N. The fourth-order valence-corrected chi connectivity index (χ4v) is 1.51. The van der Waals surface area contributed by atoms with Crippen molar-refractivity contribution in [2.24, 2.45) is 11.3 Å². The number of rotatable bonds is 2. The summed E-state index contributed by atoms with van der Waals surface area (Å²) in [5, 5.41) is 3.33. The zero-order valence-corrected chi connectivity index (χ0v) is 6.70. The monoisotopic (exact) mass is 129 g/mol. The van der Waals surface area contributed by atoms with E-state index in [1.54, 1.807) is 0 Å². The predicted molar refractivity (Wildman–Crippen MR) is 42.5 cm³/mol. The molecule has 0 aromatic rings. The average molecular weight is 129 g/mol. The van der Waals surface area contributed by atoms with Crippen molar-refractivity contribution in [3.8, 4) is 0 Å². The predicted octanol–water partition coefficient (Wildman–Crippen LogP) is 1.89. The minimum absolute atomic E-state index is 0. The van der Waals surface area contributed by atoms with Crippen LogP contribution in [0.2, 0.25) is 0 Å². The Labute approximate surface area is 59.3 Å². The first-order valence-corrected chi connectivity index (χ1v) is 3.92. The van der Waals surface area contributed by atoms with Gasteiger partial charge in [0.05, 0.1) is 0 Å². The summed E-state index contributed by atoms with van der Waals surface area (Å²) in [6, 6.07) is 0. The Hall–Kier alpha value is -0.0400. The van der Waals surface area contributed by atoms with Gasteiger partial charge in [0, 0.05) is 14.5 Å². The lowest BCUT2D eigenvalue weighted by Crippen LogP contribution is -2.55. The van der Waals surface area contributed by atoms with Gasteiger partial charge in [0.15, 0.2) is 0 Å². The van der Waals surface area contributed by atoms with Crippen molar-refractivity contribution in [2.75, 3.05) is 13.1 Å². The van der Waals surface area contributed by atoms with Crippen LogP contribution in [0.1, 0.15) is 28.6 Å². The lowest BCUT2D eigenvalue weighted by Gasteiger charge is -2.45. The zero-order chi connectivity index (χ0) is 6.91. The molecule has 1 saturated heterocycles. The van der Waals surface area contributed by atoms with Gasteiger partial charge in [0.25, 0.3) is 0 Å². The first kappa shape index (κ1) is 7.07. The molecule has 1 heterocycles. The minimum Gasteiger partial charge on any atom is -0.316 e. The molecule has 0 amide bonds. The number of hydrogen-bond donors (Lipinski definition) is 1. The molecule has 0 saturated carbocycles. The van der Waals surface area contributed by atoms with Crippen molar-refractivity contribution in [3.05, 3.63) is 0 Å². The van der Waals surface area contributed by atoms with E-state index in [0.29, 0.717) is 5.41 Å². The summed E-state index contributed by atoms with van der Waals surface area (Å²) in [5.41, 5.74) is 0.653. The third-order valence-electron chi connectivity index (χ3n) is 2.88. The summed E-state index contributed by atoms with van der Waals surface area (Å²) in [6.07, 6.45) is 1.33. The Bertz CT molecular complexity index is 91.9. The molecule has 1 rings (SSSR count). The molecule has 56 valence electrons. The van der Waals surface area contributed by atoms with E-state index in [0.717, 1.165) is 5.92 Å². The van der Waals surface area contributed by atoms with Crippen LogP contribution >= 0.6 is 0 Å². The highest BCUT2D eigenvalue weighted by atomic mass is 15.0. The van der Waals surface area contributed by atoms with E-state index in [1.165, 1.54) is 19.5 Å². The van der Waals surface area contributed by atoms with Gasteiger partial charge < -0.3 is 5.32 Å². The maximum absolute atomic E-state index is 3.33. The quantitative estimate of drug-likeness (QED) is 0.600. The van der Waals surface area contributed by atoms with E-state index in [-0.39, 0.29) is 1.43 Å². The van der Waals surface area contributed by atoms with Crippen LogP contribution in [0, 0.1) is 11.3 Å². The van der Waals surface area contributed by atoms with Crippen LogP contribution in [0.4, 0.5) is 0 Å². The molecule has 0 aliphatic carbocycles. The van der Waals surface area contributed by atoms with Crippen molar-refractivity contribution in [1.29, 1.82) is 0 Å². The second-order valence-corrected chi connectivity index (χ2v) is 3.47. The summed E-state index contributed by atoms with van der Waals surface area (Å²) in [5.74, 6) is 0.851. The maximum Gasteiger partial charge on any atom is 0.00226 e. The highest BCUT2D eigenvalue weighted by Crippen LogP contribution is 2.34. The standard InChI is InChI=1S/C8H17N.H2/c1-4-8(7(2)3)5-9-6-8;/h7,9H,4-6H2,1-3H3;1H. The molecule has 0 unspecified atom stereocenters. The molecule has 0 bridgehead atoms. The smallest absolute Gasteiger partial charge is 0.00226 e. The SMILES string of the molecule is CCC1(C(C)C)CNC1.[HH]. The van der Waals surface area contributed by atoms with Crippen LogP contribution in [-0.4, -0.2) is 13.1 Å². The van der Waals surface area contributed by atoms with E-state index < -0.39 is 0 Å². The lowest BCUT2D eigenvalue weighted by molar-refractivity contribution is 0.0941. The van der Waals surface area contributed by atoms with Gasteiger partial charge in [-0.1, -0.05) is 20.8 Å². The van der Waals surface area contributed by atoms with Gasteiger partial charge >= 0.3 is 0 Å². The molecule has 1 heteroatoms. The van der Waals surface area contributed by atoms with E-state index in [9.17, 15) is 0 Å². The highest BCUT2D eigenvalue weighted by Gasteiger charge is 2.37. The Morgan fingerprint density at radius 2 is 2.11 bits per heavy atom. The summed E-state index contributed by atoms with van der Waals surface area (Å²) >= 11 is 0. The van der Waals surface area contributed by atoms with Crippen molar-refractivity contribution in [1.82, 2.24) is 5.32 Å². The van der Waals surface area contributed by atoms with Crippen molar-refractivity contribution in [3.63, 3.8) is 0 Å². The Kier molecular flexibility index (Phi) is 1.80. The number of nitrogens with one attached hydrogen (secondary N) is 1. The fourth-order valence-electron chi connectivity index (χ4n) is 1.51. The summed E-state index contributed by atoms with van der Waals surface area (Å²) in [4.78, 5) is 0. The van der Waals surface area contributed by atoms with E-state index in [1.807, 2.05) is 0 Å². The largest absolute Gasteiger partial charge is 0.316 e. The average Bonchev–Trinajstić information content (AvgIpc) is 1.62. The van der Waals surface area contributed by atoms with Gasteiger partial charge in [-0.2, -0.15) is 0 Å². The number of hydrogen-bond acceptors (Lipinski definition) is 1. The topological polar surface area (TPSA) is 12.0 Å². The summed E-state index contributed by atoms with van der Waals surface area (Å²) in [7, 11) is 0. The summed E-state index contributed by atoms with van der Waals surface area (Å²) in [6.45, 7) is 9.41. The lowest BCUT2D eigenvalue weighted by atomic mass is 9.70. The Morgan fingerprint density at radius 1 is 1.56 bits per heavy atom. The van der Waals surface area contributed by atoms with Crippen LogP contribution in [0.25, 0.3) is 0 Å². The Balaban J connectivity index is 0.000000810. The molecule has 9 heavy (non-hydrogen) atoms. The van der Waals surface area contributed by atoms with E-state index in [2.05, 4.69) is 26.1 Å². The molecule has 0 atom stereocenters. The highest BCUT2D eigenvalue weighted by molar-refractivity contribution is 4.93. The summed E-state index contributed by atoms with van der Waals surface area (Å²) < 4.78 is 0. The van der Waals surface area contributed by atoms with Crippen molar-refractivity contribution >= 4 is 0 Å². The van der Waals surface area contributed by atoms with Gasteiger partial charge in [-0.15, -0.1) is 0 Å². The van der Waals surface area contributed by atoms with Crippen LogP contribution < -0.4 is 5.32 Å². The second-order valence-electron chi connectivity index (χ2n) is 3.47. The van der Waals surface area contributed by atoms with E-state index in [4.69, 9.17) is 0 Å². The van der Waals surface area contributed by atoms with Crippen LogP contribution in [0.3, 0.4) is 0 Å². The van der Waals surface area contributed by atoms with Crippen molar-refractivity contribution < 1.29 is 1.43 Å². The van der Waals surface area contributed by atoms with Crippen LogP contribution in [-0.2, 0) is 0 Å². The van der Waals surface area contributed by atoms with Gasteiger partial charge in [-0.25, -0.2) is 0 Å². The van der Waals surface area contributed by atoms with Gasteiger partial charge in [-0.3, -0.25) is 0 Å². The van der Waals surface area contributed by atoms with Gasteiger partial charge in [-0.05, 0) is 17.8 Å². The Morgan fingerprint density at radius 3 is 2.11 bits per heavy atom. The van der Waals surface area contributed by atoms with Gasteiger partial charge in [0.2, 0.25) is 0 Å². The van der Waals surface area contributed by atoms with Crippen molar-refractivity contribution in [2.45, 2.75) is 27.2 Å². The fraction of sp³-hybridized carbons (Fsp3) is 1.00. The molecule has 0 aromatic carbocycles. The first-order chi connectivity index (χ1) is 4.21. The molecular weight excluding hydrogens is 110 g/mol. The third-order valence-corrected chi connectivity index (χ3v) is 2.88. The molecule has 1 nitrogen and oxygen atoms in total. The molecule has 0 spiro atoms. The molecule has 1 N–H and O–H groups in total. The third kappa shape index (κ3) is 0.983. The molecule has 1 fully saturated rings. The first-order valence-electron chi connectivity index (χ1n) is 3.92. The molecule has 1 aliphatic heterocycles. The second kappa shape index (κ2) is 2.30. The molecule has 1 aliphatic rings. The normalized spacial score (nSPS) is 24.0. The van der Waals surface area contributed by atoms with Crippen LogP contribution in [0.15, 0.2) is 0 Å². The molecule has 0 aromatic heterocycles. The maximum atomic E-state index is 3.33. The molecule has 0 radical (unpaired) electrons. The van der Waals surface area contributed by atoms with Gasteiger partial charge in [0.1, 0.15) is 0 Å². The minimum atomic E-state index is 0. The zero-order valence-electron chi connectivity index (χ0n) is 6.70. The van der Waals surface area contributed by atoms with E-state index >= 15 is 0 Å².